The quantitative estimate of drug-likeness (QED) is 0.319. The molecule has 0 aliphatic carbocycles. The summed E-state index contributed by atoms with van der Waals surface area (Å²) in [5, 5.41) is 0. The summed E-state index contributed by atoms with van der Waals surface area (Å²) in [4.78, 5) is 0. The fourth-order valence-corrected chi connectivity index (χ4v) is 1.01. The summed E-state index contributed by atoms with van der Waals surface area (Å²) < 4.78 is 221. The summed E-state index contributed by atoms with van der Waals surface area (Å²) in [6.07, 6.45) is -28.7. The van der Waals surface area contributed by atoms with Gasteiger partial charge in [0.2, 0.25) is 0 Å². The molecule has 19 heteroatoms. The third-order valence-electron chi connectivity index (χ3n) is 2.99. The van der Waals surface area contributed by atoms with Gasteiger partial charge in [-0.1, -0.05) is 26.7 Å². The number of alkyl halides is 18. The zero-order valence-electron chi connectivity index (χ0n) is 14.6. The van der Waals surface area contributed by atoms with Gasteiger partial charge >= 0.3 is 48.3 Å². The molecule has 0 heterocycles. The van der Waals surface area contributed by atoms with Crippen LogP contribution >= 0.6 is 0 Å². The van der Waals surface area contributed by atoms with Gasteiger partial charge in [-0.25, -0.2) is 4.74 Å². The molecular weight excluding hydrogens is 502 g/mol. The Labute approximate surface area is 160 Å². The van der Waals surface area contributed by atoms with E-state index in [0.717, 1.165) is 4.74 Å². The van der Waals surface area contributed by atoms with Gasteiger partial charge in [-0.15, -0.1) is 0 Å². The molecule has 0 unspecified atom stereocenters. The van der Waals surface area contributed by atoms with Crippen molar-refractivity contribution in [2.24, 2.45) is 0 Å². The minimum Gasteiger partial charge on any atom is -0.245 e. The maximum Gasteiger partial charge on any atom is 0.460 e. The molecule has 0 radical (unpaired) electrons. The van der Waals surface area contributed by atoms with E-state index in [2.05, 4.69) is 13.8 Å². The van der Waals surface area contributed by atoms with Gasteiger partial charge in [-0.3, -0.25) is 0 Å². The van der Waals surface area contributed by atoms with E-state index in [1.54, 1.807) is 0 Å². The molecule has 0 aromatic carbocycles. The zero-order chi connectivity index (χ0) is 26.1. The lowest BCUT2D eigenvalue weighted by Gasteiger charge is -2.38. The molecule has 0 aromatic rings. The van der Waals surface area contributed by atoms with Gasteiger partial charge in [-0.05, 0) is 0 Å². The highest BCUT2D eigenvalue weighted by Gasteiger charge is 2.88. The van der Waals surface area contributed by atoms with Crippen LogP contribution in [-0.2, 0) is 4.74 Å². The van der Waals surface area contributed by atoms with Crippen molar-refractivity contribution in [2.45, 2.75) is 74.9 Å². The highest BCUT2D eigenvalue weighted by molar-refractivity contribution is 5.00. The molecule has 0 spiro atoms. The first-order valence-electron chi connectivity index (χ1n) is 7.22. The molecular formula is C12H10F18O. The second-order valence-electron chi connectivity index (χ2n) is 5.43. The predicted octanol–water partition coefficient (Wildman–Crippen LogP) is 7.66. The van der Waals surface area contributed by atoms with Crippen LogP contribution in [0.4, 0.5) is 79.0 Å². The second kappa shape index (κ2) is 8.92. The van der Waals surface area contributed by atoms with Crippen LogP contribution in [0.3, 0.4) is 0 Å². The summed E-state index contributed by atoms with van der Waals surface area (Å²) in [5.41, 5.74) is 0. The first-order valence-corrected chi connectivity index (χ1v) is 7.22. The maximum absolute atomic E-state index is 12.6. The van der Waals surface area contributed by atoms with E-state index in [4.69, 9.17) is 0 Å². The molecule has 0 rings (SSSR count). The van der Waals surface area contributed by atoms with Crippen LogP contribution in [0.1, 0.15) is 26.7 Å². The van der Waals surface area contributed by atoms with Crippen LogP contribution in [0.25, 0.3) is 0 Å². The number of rotatable bonds is 7. The van der Waals surface area contributed by atoms with Crippen molar-refractivity contribution in [3.05, 3.63) is 0 Å². The smallest absolute Gasteiger partial charge is 0.245 e. The Kier molecular flexibility index (Phi) is 9.17. The molecule has 31 heavy (non-hydrogen) atoms. The van der Waals surface area contributed by atoms with Gasteiger partial charge in [0, 0.05) is 0 Å². The summed E-state index contributed by atoms with van der Waals surface area (Å²) in [5.74, 6) is -32.2. The van der Waals surface area contributed by atoms with Crippen LogP contribution in [0, 0.1) is 0 Å². The van der Waals surface area contributed by atoms with E-state index in [9.17, 15) is 79.0 Å². The van der Waals surface area contributed by atoms with Crippen LogP contribution in [0.15, 0.2) is 0 Å². The van der Waals surface area contributed by atoms with Crippen LogP contribution in [0.2, 0.25) is 0 Å². The highest BCUT2D eigenvalue weighted by atomic mass is 19.4. The standard InChI is InChI=1S/C8F18O.C4H10/c9-1(10,5(17,18)19)3(13,14)7(23,24)27-8(25,26)4(15,16)2(11,12)6(20,21)22;1-3-4-2/h;3-4H2,1-2H3. The van der Waals surface area contributed by atoms with Crippen LogP contribution in [-0.4, -0.2) is 48.3 Å². The lowest BCUT2D eigenvalue weighted by Crippen LogP contribution is -2.67. The third kappa shape index (κ3) is 5.74. The lowest BCUT2D eigenvalue weighted by molar-refractivity contribution is -0.522. The van der Waals surface area contributed by atoms with E-state index in [1.165, 1.54) is 12.8 Å². The fourth-order valence-electron chi connectivity index (χ4n) is 1.01. The average Bonchev–Trinajstić information content (AvgIpc) is 2.51. The molecule has 0 fully saturated rings. The van der Waals surface area contributed by atoms with E-state index in [0.29, 0.717) is 0 Å². The highest BCUT2D eigenvalue weighted by Crippen LogP contribution is 2.58. The van der Waals surface area contributed by atoms with Crippen molar-refractivity contribution >= 4 is 0 Å². The van der Waals surface area contributed by atoms with Crippen molar-refractivity contribution in [3.63, 3.8) is 0 Å². The number of hydrogen-bond acceptors (Lipinski definition) is 1. The monoisotopic (exact) mass is 512 g/mol. The van der Waals surface area contributed by atoms with Crippen molar-refractivity contribution in [2.75, 3.05) is 0 Å². The molecule has 0 amide bonds. The topological polar surface area (TPSA) is 9.23 Å². The Bertz CT molecular complexity index is 521. The van der Waals surface area contributed by atoms with E-state index in [1.807, 2.05) is 0 Å². The Morgan fingerprint density at radius 2 is 0.581 bits per heavy atom. The van der Waals surface area contributed by atoms with E-state index in [-0.39, 0.29) is 0 Å². The van der Waals surface area contributed by atoms with Crippen molar-refractivity contribution in [1.82, 2.24) is 0 Å². The minimum atomic E-state index is -8.15. The lowest BCUT2D eigenvalue weighted by atomic mass is 10.1. The molecule has 0 aromatic heterocycles. The Hall–Kier alpha value is -1.30. The molecule has 190 valence electrons. The molecule has 0 atom stereocenters. The predicted molar refractivity (Wildman–Crippen MR) is 63.5 cm³/mol. The largest absolute Gasteiger partial charge is 0.460 e. The molecule has 0 aliphatic heterocycles. The van der Waals surface area contributed by atoms with Crippen molar-refractivity contribution in [3.8, 4) is 0 Å². The number of unbranched alkanes of at least 4 members (excludes halogenated alkanes) is 1. The zero-order valence-corrected chi connectivity index (χ0v) is 14.6. The van der Waals surface area contributed by atoms with Gasteiger partial charge in [0.1, 0.15) is 0 Å². The molecule has 0 bridgehead atoms. The van der Waals surface area contributed by atoms with Gasteiger partial charge in [-0.2, -0.15) is 79.0 Å². The molecule has 1 nitrogen and oxygen atoms in total. The van der Waals surface area contributed by atoms with E-state index >= 15 is 0 Å². The van der Waals surface area contributed by atoms with Crippen LogP contribution < -0.4 is 0 Å². The Morgan fingerprint density at radius 1 is 0.387 bits per heavy atom. The Balaban J connectivity index is 0. The summed E-state index contributed by atoms with van der Waals surface area (Å²) in [6.45, 7) is 4.36. The first kappa shape index (κ1) is 31.9. The van der Waals surface area contributed by atoms with Gasteiger partial charge in [0.15, 0.2) is 0 Å². The summed E-state index contributed by atoms with van der Waals surface area (Å²) in [7, 11) is 0. The summed E-state index contributed by atoms with van der Waals surface area (Å²) in [6, 6.07) is 0. The van der Waals surface area contributed by atoms with Crippen molar-refractivity contribution < 1.29 is 83.8 Å². The molecule has 0 saturated carbocycles. The van der Waals surface area contributed by atoms with Gasteiger partial charge in [0.05, 0.1) is 0 Å². The third-order valence-corrected chi connectivity index (χ3v) is 2.99. The number of halogens is 18. The van der Waals surface area contributed by atoms with Crippen molar-refractivity contribution in [1.29, 1.82) is 0 Å². The minimum absolute atomic E-state index is 0.991. The summed E-state index contributed by atoms with van der Waals surface area (Å²) >= 11 is 0. The molecule has 0 N–H and O–H groups in total. The number of ether oxygens (including phenoxy) is 1. The normalized spacial score (nSPS) is 15.5. The average molecular weight is 512 g/mol. The molecule has 0 aliphatic rings. The van der Waals surface area contributed by atoms with Gasteiger partial charge in [0.25, 0.3) is 0 Å². The number of hydrogen-bond donors (Lipinski definition) is 0. The Morgan fingerprint density at radius 3 is 0.710 bits per heavy atom. The van der Waals surface area contributed by atoms with E-state index < -0.39 is 48.3 Å². The second-order valence-corrected chi connectivity index (χ2v) is 5.43. The first-order chi connectivity index (χ1) is 13.1. The fraction of sp³-hybridized carbons (Fsp3) is 1.00. The SMILES string of the molecule is CCCC.FC(F)(F)C(F)(F)C(F)(F)C(F)(F)OC(F)(F)C(F)(F)C(F)(F)C(F)(F)F. The van der Waals surface area contributed by atoms with Crippen LogP contribution in [0.5, 0.6) is 0 Å². The molecule has 0 saturated heterocycles. The van der Waals surface area contributed by atoms with Gasteiger partial charge < -0.3 is 0 Å². The maximum atomic E-state index is 12.6.